The first-order valence-corrected chi connectivity index (χ1v) is 9.14. The van der Waals surface area contributed by atoms with Gasteiger partial charge in [0.15, 0.2) is 0 Å². The molecule has 0 atom stereocenters. The number of fused-ring (bicyclic) bond motifs is 1. The summed E-state index contributed by atoms with van der Waals surface area (Å²) in [6, 6.07) is 7.80. The van der Waals surface area contributed by atoms with Crippen LogP contribution in [0.15, 0.2) is 24.3 Å². The zero-order valence-corrected chi connectivity index (χ0v) is 15.0. The smallest absolute Gasteiger partial charge is 0.228 e. The number of para-hydroxylation sites is 1. The molecule has 2 aliphatic heterocycles. The van der Waals surface area contributed by atoms with Gasteiger partial charge in [0.2, 0.25) is 11.8 Å². The Balaban J connectivity index is 1.40. The molecule has 2 saturated heterocycles. The molecule has 3 heterocycles. The van der Waals surface area contributed by atoms with Crippen LogP contribution in [0.5, 0.6) is 0 Å². The first-order chi connectivity index (χ1) is 12.6. The Morgan fingerprint density at radius 3 is 2.85 bits per heavy atom. The lowest BCUT2D eigenvalue weighted by atomic mass is 9.87. The molecule has 0 saturated carbocycles. The number of amides is 2. The number of nitrogens with zero attached hydrogens (tertiary/aromatic N) is 3. The lowest BCUT2D eigenvalue weighted by Gasteiger charge is -2.40. The number of hydrogen-bond acceptors (Lipinski definition) is 4. The Kier molecular flexibility index (Phi) is 4.40. The number of likely N-dealkylation sites (tertiary alicyclic amines) is 1. The van der Waals surface area contributed by atoms with E-state index in [-0.39, 0.29) is 11.8 Å². The summed E-state index contributed by atoms with van der Waals surface area (Å²) < 4.78 is 6.05. The zero-order chi connectivity index (χ0) is 18.1. The lowest BCUT2D eigenvalue weighted by Crippen LogP contribution is -2.49. The highest BCUT2D eigenvalue weighted by molar-refractivity contribution is 5.87. The summed E-state index contributed by atoms with van der Waals surface area (Å²) in [5.74, 6) is 0.220. The maximum absolute atomic E-state index is 12.7. The first-order valence-electron chi connectivity index (χ1n) is 9.14. The monoisotopic (exact) mass is 356 g/mol. The number of benzene rings is 1. The second-order valence-electron chi connectivity index (χ2n) is 7.30. The Hall–Kier alpha value is -2.41. The Morgan fingerprint density at radius 1 is 1.27 bits per heavy atom. The number of likely N-dealkylation sites (N-methyl/N-ethyl adjacent to an activating group) is 1. The van der Waals surface area contributed by atoms with Crippen LogP contribution in [-0.2, 0) is 20.7 Å². The van der Waals surface area contributed by atoms with E-state index in [4.69, 9.17) is 4.74 Å². The number of aromatic amines is 1. The van der Waals surface area contributed by atoms with E-state index in [0.29, 0.717) is 51.9 Å². The number of hydrogen-bond donors (Lipinski definition) is 1. The molecule has 0 unspecified atom stereocenters. The number of rotatable bonds is 2. The number of nitrogens with one attached hydrogen (secondary N) is 1. The van der Waals surface area contributed by atoms with Crippen LogP contribution in [0.1, 0.15) is 25.0 Å². The molecule has 0 bridgehead atoms. The van der Waals surface area contributed by atoms with Crippen LogP contribution in [0.4, 0.5) is 0 Å². The van der Waals surface area contributed by atoms with Crippen LogP contribution in [0.25, 0.3) is 10.9 Å². The van der Waals surface area contributed by atoms with Gasteiger partial charge in [0.05, 0.1) is 36.3 Å². The summed E-state index contributed by atoms with van der Waals surface area (Å²) in [5.41, 5.74) is 1.33. The van der Waals surface area contributed by atoms with E-state index >= 15 is 0 Å². The van der Waals surface area contributed by atoms with Gasteiger partial charge in [-0.3, -0.25) is 14.7 Å². The SMILES string of the molecule is CN1CCOC2(CCN(C(=O)Cc3[nH]nc4ccccc34)CC2)CC1=O. The molecule has 2 fully saturated rings. The van der Waals surface area contributed by atoms with Crippen molar-refractivity contribution in [2.75, 3.05) is 33.3 Å². The minimum atomic E-state index is -0.403. The van der Waals surface area contributed by atoms with Crippen molar-refractivity contribution in [3.05, 3.63) is 30.0 Å². The highest BCUT2D eigenvalue weighted by Crippen LogP contribution is 2.32. The van der Waals surface area contributed by atoms with Gasteiger partial charge in [0, 0.05) is 32.1 Å². The van der Waals surface area contributed by atoms with Crippen molar-refractivity contribution >= 4 is 22.7 Å². The van der Waals surface area contributed by atoms with Crippen LogP contribution in [0.2, 0.25) is 0 Å². The largest absolute Gasteiger partial charge is 0.372 e. The van der Waals surface area contributed by atoms with Crippen LogP contribution < -0.4 is 0 Å². The predicted octanol–water partition coefficient (Wildman–Crippen LogP) is 1.35. The Labute approximate surface area is 152 Å². The van der Waals surface area contributed by atoms with Gasteiger partial charge >= 0.3 is 0 Å². The third-order valence-electron chi connectivity index (χ3n) is 5.63. The van der Waals surface area contributed by atoms with E-state index in [1.807, 2.05) is 36.2 Å². The van der Waals surface area contributed by atoms with E-state index < -0.39 is 5.60 Å². The molecule has 0 aliphatic carbocycles. The summed E-state index contributed by atoms with van der Waals surface area (Å²) in [6.45, 7) is 2.45. The average molecular weight is 356 g/mol. The molecule has 0 radical (unpaired) electrons. The molecule has 4 rings (SSSR count). The quantitative estimate of drug-likeness (QED) is 0.881. The van der Waals surface area contributed by atoms with Crippen molar-refractivity contribution in [3.8, 4) is 0 Å². The van der Waals surface area contributed by atoms with Gasteiger partial charge in [0.1, 0.15) is 0 Å². The summed E-state index contributed by atoms with van der Waals surface area (Å²) >= 11 is 0. The lowest BCUT2D eigenvalue weighted by molar-refractivity contribution is -0.140. The molecule has 7 heteroatoms. The van der Waals surface area contributed by atoms with Crippen LogP contribution in [-0.4, -0.2) is 70.7 Å². The van der Waals surface area contributed by atoms with Gasteiger partial charge in [-0.2, -0.15) is 5.10 Å². The predicted molar refractivity (Wildman–Crippen MR) is 96.5 cm³/mol. The maximum atomic E-state index is 12.7. The minimum Gasteiger partial charge on any atom is -0.372 e. The van der Waals surface area contributed by atoms with E-state index in [2.05, 4.69) is 10.2 Å². The fourth-order valence-corrected chi connectivity index (χ4v) is 3.88. The molecule has 138 valence electrons. The minimum absolute atomic E-state index is 0.0892. The molecule has 2 aliphatic rings. The second kappa shape index (κ2) is 6.72. The standard InChI is InChI=1S/C19H24N4O3/c1-22-10-11-26-19(13-18(22)25)6-8-23(9-7-19)17(24)12-16-14-4-2-3-5-15(14)20-21-16/h2-5H,6-13H2,1H3,(H,20,21). The van der Waals surface area contributed by atoms with Crippen LogP contribution in [0, 0.1) is 0 Å². The number of carbonyl (C=O) groups excluding carboxylic acids is 2. The van der Waals surface area contributed by atoms with Crippen molar-refractivity contribution in [2.24, 2.45) is 0 Å². The summed E-state index contributed by atoms with van der Waals surface area (Å²) in [6.07, 6.45) is 2.15. The highest BCUT2D eigenvalue weighted by Gasteiger charge is 2.40. The molecule has 1 aromatic carbocycles. The molecule has 26 heavy (non-hydrogen) atoms. The van der Waals surface area contributed by atoms with Crippen molar-refractivity contribution < 1.29 is 14.3 Å². The number of ether oxygens (including phenoxy) is 1. The van der Waals surface area contributed by atoms with Crippen molar-refractivity contribution in [1.82, 2.24) is 20.0 Å². The van der Waals surface area contributed by atoms with Gasteiger partial charge < -0.3 is 14.5 Å². The summed E-state index contributed by atoms with van der Waals surface area (Å²) in [4.78, 5) is 28.5. The van der Waals surface area contributed by atoms with Crippen molar-refractivity contribution in [3.63, 3.8) is 0 Å². The number of H-pyrrole nitrogens is 1. The molecule has 7 nitrogen and oxygen atoms in total. The zero-order valence-electron chi connectivity index (χ0n) is 15.0. The van der Waals surface area contributed by atoms with E-state index in [1.54, 1.807) is 4.90 Å². The first kappa shape index (κ1) is 17.0. The second-order valence-corrected chi connectivity index (χ2v) is 7.30. The van der Waals surface area contributed by atoms with Gasteiger partial charge in [-0.05, 0) is 18.9 Å². The van der Waals surface area contributed by atoms with Crippen molar-refractivity contribution in [1.29, 1.82) is 0 Å². The normalized spacial score (nSPS) is 20.6. The average Bonchev–Trinajstić information content (AvgIpc) is 2.99. The van der Waals surface area contributed by atoms with E-state index in [9.17, 15) is 9.59 Å². The van der Waals surface area contributed by atoms with Crippen LogP contribution >= 0.6 is 0 Å². The van der Waals surface area contributed by atoms with E-state index in [0.717, 1.165) is 16.6 Å². The summed E-state index contributed by atoms with van der Waals surface area (Å²) in [7, 11) is 1.82. The number of aromatic nitrogens is 2. The maximum Gasteiger partial charge on any atom is 0.228 e. The Bertz CT molecular complexity index is 823. The van der Waals surface area contributed by atoms with Crippen LogP contribution in [0.3, 0.4) is 0 Å². The Morgan fingerprint density at radius 2 is 2.04 bits per heavy atom. The van der Waals surface area contributed by atoms with Gasteiger partial charge in [0.25, 0.3) is 0 Å². The molecule has 1 spiro atoms. The van der Waals surface area contributed by atoms with Gasteiger partial charge in [-0.1, -0.05) is 18.2 Å². The fourth-order valence-electron chi connectivity index (χ4n) is 3.88. The molecule has 1 N–H and O–H groups in total. The molecule has 2 aromatic rings. The fraction of sp³-hybridized carbons (Fsp3) is 0.526. The number of piperidine rings is 1. The van der Waals surface area contributed by atoms with Gasteiger partial charge in [-0.25, -0.2) is 0 Å². The third-order valence-corrected chi connectivity index (χ3v) is 5.63. The third kappa shape index (κ3) is 3.19. The number of carbonyl (C=O) groups is 2. The molecule has 1 aromatic heterocycles. The topological polar surface area (TPSA) is 78.5 Å². The molecule has 2 amide bonds. The highest BCUT2D eigenvalue weighted by atomic mass is 16.5. The van der Waals surface area contributed by atoms with Crippen molar-refractivity contribution in [2.45, 2.75) is 31.3 Å². The molecular formula is C19H24N4O3. The van der Waals surface area contributed by atoms with E-state index in [1.165, 1.54) is 0 Å². The van der Waals surface area contributed by atoms with Gasteiger partial charge in [-0.15, -0.1) is 0 Å². The molecular weight excluding hydrogens is 332 g/mol. The summed E-state index contributed by atoms with van der Waals surface area (Å²) in [5, 5.41) is 8.24.